The van der Waals surface area contributed by atoms with E-state index in [2.05, 4.69) is 15.1 Å². The normalized spacial score (nSPS) is 27.6. The lowest BCUT2D eigenvalue weighted by atomic mass is 9.95. The van der Waals surface area contributed by atoms with Crippen molar-refractivity contribution in [2.24, 2.45) is 5.41 Å². The number of carbonyl (C=O) groups is 1. The van der Waals surface area contributed by atoms with Crippen LogP contribution in [-0.4, -0.2) is 88.5 Å². The summed E-state index contributed by atoms with van der Waals surface area (Å²) in [6.45, 7) is 7.84. The number of piperazine rings is 1. The summed E-state index contributed by atoms with van der Waals surface area (Å²) in [5.41, 5.74) is -0.637. The van der Waals surface area contributed by atoms with E-state index in [0.29, 0.717) is 42.9 Å². The van der Waals surface area contributed by atoms with Crippen LogP contribution in [0.15, 0.2) is 36.4 Å². The van der Waals surface area contributed by atoms with Crippen LogP contribution in [-0.2, 0) is 4.79 Å². The molecule has 256 valence electrons. The van der Waals surface area contributed by atoms with Gasteiger partial charge in [0.15, 0.2) is 5.82 Å². The highest BCUT2D eigenvalue weighted by molar-refractivity contribution is 6.02. The molecule has 12 heteroatoms. The first-order valence-electron chi connectivity index (χ1n) is 17.4. The summed E-state index contributed by atoms with van der Waals surface area (Å²) >= 11 is 0. The fourth-order valence-electron chi connectivity index (χ4n) is 8.61. The molecule has 7 heterocycles. The molecule has 2 bridgehead atoms. The highest BCUT2D eigenvalue weighted by atomic mass is 19.1. The van der Waals surface area contributed by atoms with Crippen molar-refractivity contribution in [2.45, 2.75) is 82.7 Å². The van der Waals surface area contributed by atoms with Gasteiger partial charge in [0.05, 0.1) is 17.0 Å². The Morgan fingerprint density at radius 2 is 2.00 bits per heavy atom. The van der Waals surface area contributed by atoms with Crippen LogP contribution in [0.1, 0.15) is 52.9 Å². The number of fused-ring (bicyclic) bond motifs is 7. The molecule has 0 saturated carbocycles. The molecule has 49 heavy (non-hydrogen) atoms. The molecule has 0 amide bonds. The third-order valence-electron chi connectivity index (χ3n) is 11.1. The van der Waals surface area contributed by atoms with Crippen LogP contribution in [0.2, 0.25) is 0 Å². The Morgan fingerprint density at radius 3 is 2.86 bits per heavy atom. The third kappa shape index (κ3) is 5.09. The van der Waals surface area contributed by atoms with E-state index in [1.165, 1.54) is 0 Å². The molecular formula is C37H40F2N6O4. The second kappa shape index (κ2) is 11.2. The van der Waals surface area contributed by atoms with E-state index in [1.807, 2.05) is 24.3 Å². The van der Waals surface area contributed by atoms with Gasteiger partial charge in [-0.3, -0.25) is 9.69 Å². The monoisotopic (exact) mass is 670 g/mol. The molecule has 0 radical (unpaired) electrons. The van der Waals surface area contributed by atoms with Gasteiger partial charge in [-0.2, -0.15) is 9.97 Å². The lowest BCUT2D eigenvalue weighted by Gasteiger charge is -2.40. The number of nitrogens with zero attached hydrogens (tertiary/aromatic N) is 5. The second-order valence-electron chi connectivity index (χ2n) is 15.4. The zero-order valence-corrected chi connectivity index (χ0v) is 28.0. The van der Waals surface area contributed by atoms with E-state index in [-0.39, 0.29) is 53.6 Å². The van der Waals surface area contributed by atoms with Crippen molar-refractivity contribution in [3.8, 4) is 28.9 Å². The summed E-state index contributed by atoms with van der Waals surface area (Å²) in [7, 11) is 0. The summed E-state index contributed by atoms with van der Waals surface area (Å²) in [4.78, 5) is 31.8. The van der Waals surface area contributed by atoms with Gasteiger partial charge in [0.25, 0.3) is 0 Å². The van der Waals surface area contributed by atoms with E-state index >= 15 is 4.39 Å². The summed E-state index contributed by atoms with van der Waals surface area (Å²) in [5, 5.41) is 5.61. The van der Waals surface area contributed by atoms with E-state index in [9.17, 15) is 9.18 Å². The van der Waals surface area contributed by atoms with Crippen LogP contribution in [0, 0.1) is 11.2 Å². The first kappa shape index (κ1) is 30.9. The van der Waals surface area contributed by atoms with Gasteiger partial charge < -0.3 is 24.4 Å². The minimum absolute atomic E-state index is 0.0269. The number of aromatic nitrogens is 3. The number of halogens is 2. The molecule has 5 atom stereocenters. The average molecular weight is 671 g/mol. The van der Waals surface area contributed by atoms with E-state index in [4.69, 9.17) is 29.2 Å². The summed E-state index contributed by atoms with van der Waals surface area (Å²) in [6.07, 6.45) is 3.36. The number of alkyl halides is 1. The lowest BCUT2D eigenvalue weighted by Crippen LogP contribution is -2.60. The highest BCUT2D eigenvalue weighted by Gasteiger charge is 2.50. The molecular weight excluding hydrogens is 630 g/mol. The van der Waals surface area contributed by atoms with Crippen LogP contribution in [0.4, 0.5) is 14.6 Å². The van der Waals surface area contributed by atoms with Gasteiger partial charge in [0.1, 0.15) is 47.5 Å². The molecule has 4 aromatic rings. The number of ether oxygens (including phenoxy) is 3. The number of anilines is 1. The van der Waals surface area contributed by atoms with Gasteiger partial charge in [0, 0.05) is 37.2 Å². The smallest absolute Gasteiger partial charge is 0.319 e. The fourth-order valence-corrected chi connectivity index (χ4v) is 8.61. The number of nitrogens with one attached hydrogen (secondary N) is 1. The number of benzene rings is 2. The zero-order valence-electron chi connectivity index (χ0n) is 28.0. The summed E-state index contributed by atoms with van der Waals surface area (Å²) in [6, 6.07) is 11.4. The zero-order chi connectivity index (χ0) is 33.7. The van der Waals surface area contributed by atoms with E-state index in [1.54, 1.807) is 32.9 Å². The van der Waals surface area contributed by atoms with Crippen molar-refractivity contribution < 1.29 is 27.8 Å². The van der Waals surface area contributed by atoms with Gasteiger partial charge in [-0.15, -0.1) is 0 Å². The van der Waals surface area contributed by atoms with Crippen molar-refractivity contribution in [1.29, 1.82) is 0 Å². The highest BCUT2D eigenvalue weighted by Crippen LogP contribution is 2.45. The summed E-state index contributed by atoms with van der Waals surface area (Å²) < 4.78 is 50.4. The molecule has 2 aromatic heterocycles. The first-order chi connectivity index (χ1) is 23.6. The van der Waals surface area contributed by atoms with Gasteiger partial charge >= 0.3 is 12.0 Å². The largest absolute Gasteiger partial charge is 0.475 e. The Bertz CT molecular complexity index is 2000. The SMILES string of the molecule is CC(C)(C)C(=O)Oc1cc(-c2nc3c4c(nc(OC[C@@]56CCCN5C[C@H](F)C6)nc4c2F)N2C[C@H]4CC[C@H](N4)[C@H]2CO3)c2ccccc2c1. The number of hydrogen-bond acceptors (Lipinski definition) is 10. The topological polar surface area (TPSA) is 102 Å². The van der Waals surface area contributed by atoms with Gasteiger partial charge in [0.2, 0.25) is 5.88 Å². The molecule has 10 nitrogen and oxygen atoms in total. The minimum atomic E-state index is -0.901. The Kier molecular flexibility index (Phi) is 7.04. The van der Waals surface area contributed by atoms with Gasteiger partial charge in [-0.25, -0.2) is 13.8 Å². The molecule has 2 aromatic carbocycles. The molecule has 0 spiro atoms. The maximum absolute atomic E-state index is 17.2. The van der Waals surface area contributed by atoms with Crippen LogP contribution in [0.25, 0.3) is 32.9 Å². The molecule has 5 aliphatic heterocycles. The Morgan fingerprint density at radius 1 is 1.14 bits per heavy atom. The van der Waals surface area contributed by atoms with Crippen LogP contribution < -0.4 is 24.4 Å². The predicted molar refractivity (Wildman–Crippen MR) is 180 cm³/mol. The molecule has 9 rings (SSSR count). The molecule has 4 fully saturated rings. The predicted octanol–water partition coefficient (Wildman–Crippen LogP) is 5.59. The van der Waals surface area contributed by atoms with E-state index in [0.717, 1.165) is 43.0 Å². The Hall–Kier alpha value is -4.16. The lowest BCUT2D eigenvalue weighted by molar-refractivity contribution is -0.142. The van der Waals surface area contributed by atoms with Crippen molar-refractivity contribution in [3.63, 3.8) is 0 Å². The second-order valence-corrected chi connectivity index (χ2v) is 15.4. The Balaban J connectivity index is 1.20. The maximum atomic E-state index is 17.2. The Labute approximate surface area is 283 Å². The average Bonchev–Trinajstić information content (AvgIpc) is 3.71. The maximum Gasteiger partial charge on any atom is 0.319 e. The molecule has 1 N–H and O–H groups in total. The molecule has 0 aliphatic carbocycles. The fraction of sp³-hybridized carbons (Fsp3) is 0.514. The van der Waals surface area contributed by atoms with Crippen LogP contribution in [0.5, 0.6) is 17.6 Å². The molecule has 5 aliphatic rings. The van der Waals surface area contributed by atoms with Gasteiger partial charge in [-0.1, -0.05) is 24.3 Å². The molecule has 4 saturated heterocycles. The van der Waals surface area contributed by atoms with Crippen molar-refractivity contribution in [3.05, 3.63) is 42.2 Å². The summed E-state index contributed by atoms with van der Waals surface area (Å²) in [5.74, 6) is 0.0211. The van der Waals surface area contributed by atoms with Gasteiger partial charge in [-0.05, 0) is 75.9 Å². The number of esters is 1. The number of pyridine rings is 1. The third-order valence-corrected chi connectivity index (χ3v) is 11.1. The number of rotatable bonds is 5. The van der Waals surface area contributed by atoms with Crippen LogP contribution >= 0.6 is 0 Å². The van der Waals surface area contributed by atoms with E-state index < -0.39 is 28.9 Å². The minimum Gasteiger partial charge on any atom is -0.475 e. The van der Waals surface area contributed by atoms with Crippen LogP contribution in [0.3, 0.4) is 0 Å². The number of hydrogen-bond donors (Lipinski definition) is 1. The van der Waals surface area contributed by atoms with Crippen molar-refractivity contribution in [2.75, 3.05) is 37.7 Å². The van der Waals surface area contributed by atoms with Crippen molar-refractivity contribution in [1.82, 2.24) is 25.2 Å². The molecule has 0 unspecified atom stereocenters. The number of carbonyl (C=O) groups excluding carboxylic acids is 1. The first-order valence-corrected chi connectivity index (χ1v) is 17.4. The van der Waals surface area contributed by atoms with Crippen molar-refractivity contribution >= 4 is 33.5 Å². The standard InChI is InChI=1S/C37H40F2N6O4/c1-36(2,3)34(46)49-23-13-20-7-4-5-8-24(20)25(14-23)30-29(39)31-28-32(45-17-22-9-10-26(40-22)27(45)18-47-33(28)41-30)43-35(42-31)48-19-37-11-6-12-44(37)16-21(38)15-37/h4-5,7-8,13-14,21-22,26-27,40H,6,9-12,15-19H2,1-3H3/t21-,22-,26+,27-,37+/m1/s1. The quantitative estimate of drug-likeness (QED) is 0.214.